The van der Waals surface area contributed by atoms with Gasteiger partial charge in [-0.05, 0) is 89.5 Å². The third kappa shape index (κ3) is 54.0. The summed E-state index contributed by atoms with van der Waals surface area (Å²) in [5.41, 5.74) is 0. The quantitative estimate of drug-likeness (QED) is 0.0156. The molecular formula is C64H116N2O7P+. The molecule has 3 unspecified atom stereocenters. The summed E-state index contributed by atoms with van der Waals surface area (Å²) in [7, 11) is 1.47. The van der Waals surface area contributed by atoms with Gasteiger partial charge in [0.2, 0.25) is 5.91 Å². The minimum Gasteiger partial charge on any atom is -0.456 e. The Morgan fingerprint density at radius 2 is 0.919 bits per heavy atom. The highest BCUT2D eigenvalue weighted by molar-refractivity contribution is 7.47. The zero-order valence-electron chi connectivity index (χ0n) is 48.8. The van der Waals surface area contributed by atoms with Crippen LogP contribution in [0.2, 0.25) is 0 Å². The summed E-state index contributed by atoms with van der Waals surface area (Å²) in [5, 5.41) is 3.04. The number of nitrogens with one attached hydrogen (secondary N) is 1. The standard InChI is InChI=1S/C64H115N2O7P/c1-7-10-13-16-19-22-25-28-30-31-32-33-34-35-37-39-42-45-48-51-54-57-64(68)73-62(55-52-49-46-43-40-27-24-21-18-15-12-9-3)61(60-72-74(69,70)71-59-58-66(4,5)6)65-63(67)56-53-50-47-44-41-38-36-29-26-23-20-17-14-11-8-2/h11,14,17,19-20,22-23,26,28,30,32-33,52,55,61-62H,7-10,12-13,15-16,18,21,24-25,27,29,31,34-51,53-54,56-60H2,1-6H3,(H-,65,67,69,70)/p+1/b14-11+,20-17+,22-19-,26-23+,30-28-,33-32-,55-52-. The highest BCUT2D eigenvalue weighted by Crippen LogP contribution is 2.43. The van der Waals surface area contributed by atoms with Crippen LogP contribution in [0.25, 0.3) is 0 Å². The molecule has 0 saturated heterocycles. The number of phosphoric ester groups is 1. The van der Waals surface area contributed by atoms with Gasteiger partial charge in [-0.3, -0.25) is 18.6 Å². The van der Waals surface area contributed by atoms with Crippen LogP contribution in [0.15, 0.2) is 85.1 Å². The number of quaternary nitrogens is 1. The van der Waals surface area contributed by atoms with E-state index in [2.05, 4.69) is 99.0 Å². The summed E-state index contributed by atoms with van der Waals surface area (Å²) in [5.74, 6) is -0.529. The Morgan fingerprint density at radius 3 is 1.43 bits per heavy atom. The van der Waals surface area contributed by atoms with Crippen molar-refractivity contribution in [2.24, 2.45) is 0 Å². The van der Waals surface area contributed by atoms with Gasteiger partial charge in [0.05, 0.1) is 33.8 Å². The van der Waals surface area contributed by atoms with Crippen LogP contribution in [-0.2, 0) is 27.9 Å². The number of carbonyl (C=O) groups excluding carboxylic acids is 2. The van der Waals surface area contributed by atoms with Crippen LogP contribution in [-0.4, -0.2) is 74.3 Å². The number of nitrogens with zero attached hydrogens (tertiary/aromatic N) is 1. The Bertz CT molecular complexity index is 1540. The van der Waals surface area contributed by atoms with E-state index in [-0.39, 0.29) is 31.5 Å². The Balaban J connectivity index is 5.28. The average Bonchev–Trinajstić information content (AvgIpc) is 3.36. The maximum Gasteiger partial charge on any atom is 0.472 e. The van der Waals surface area contributed by atoms with E-state index in [1.807, 2.05) is 33.3 Å². The second-order valence-corrected chi connectivity index (χ2v) is 23.0. The number of hydrogen-bond acceptors (Lipinski definition) is 6. The lowest BCUT2D eigenvalue weighted by atomic mass is 10.0. The fourth-order valence-corrected chi connectivity index (χ4v) is 9.15. The SMILES string of the molecule is CC/C=C/C=C/C=C/CCCCCCCCCC(=O)NC(COP(=O)(O)OCC[N+](C)(C)C)C(/C=C\CCCCCCCCCCCC)OC(=O)CCCCCCCCCC/C=C\C/C=C\C/C=C\CCCCC. The van der Waals surface area contributed by atoms with E-state index in [0.29, 0.717) is 17.4 Å². The Morgan fingerprint density at radius 1 is 0.500 bits per heavy atom. The van der Waals surface area contributed by atoms with Gasteiger partial charge < -0.3 is 19.4 Å². The van der Waals surface area contributed by atoms with Crippen molar-refractivity contribution in [3.05, 3.63) is 85.1 Å². The zero-order valence-corrected chi connectivity index (χ0v) is 49.7. The number of phosphoric acid groups is 1. The van der Waals surface area contributed by atoms with Crippen molar-refractivity contribution in [3.8, 4) is 0 Å². The van der Waals surface area contributed by atoms with Crippen molar-refractivity contribution in [1.82, 2.24) is 5.32 Å². The Labute approximate surface area is 456 Å². The highest BCUT2D eigenvalue weighted by Gasteiger charge is 2.30. The number of hydrogen-bond donors (Lipinski definition) is 2. The minimum atomic E-state index is -4.46. The van der Waals surface area contributed by atoms with Crippen molar-refractivity contribution < 1.29 is 37.3 Å². The summed E-state index contributed by atoms with van der Waals surface area (Å²) >= 11 is 0. The summed E-state index contributed by atoms with van der Waals surface area (Å²) in [4.78, 5) is 37.7. The number of rotatable bonds is 54. The summed E-state index contributed by atoms with van der Waals surface area (Å²) < 4.78 is 30.7. The summed E-state index contributed by atoms with van der Waals surface area (Å²) in [6.45, 7) is 6.84. The van der Waals surface area contributed by atoms with Crippen LogP contribution < -0.4 is 5.32 Å². The van der Waals surface area contributed by atoms with Crippen LogP contribution in [0.4, 0.5) is 0 Å². The smallest absolute Gasteiger partial charge is 0.456 e. The maximum absolute atomic E-state index is 13.5. The molecule has 0 heterocycles. The van der Waals surface area contributed by atoms with E-state index in [9.17, 15) is 19.0 Å². The fourth-order valence-electron chi connectivity index (χ4n) is 8.42. The number of allylic oxidation sites excluding steroid dienone is 13. The highest BCUT2D eigenvalue weighted by atomic mass is 31.2. The lowest BCUT2D eigenvalue weighted by Crippen LogP contribution is -2.47. The average molecular weight is 1060 g/mol. The molecule has 0 spiro atoms. The van der Waals surface area contributed by atoms with E-state index in [4.69, 9.17) is 13.8 Å². The molecule has 0 bridgehead atoms. The number of unbranched alkanes of at least 4 members (excludes halogenated alkanes) is 28. The molecule has 10 heteroatoms. The maximum atomic E-state index is 13.5. The van der Waals surface area contributed by atoms with Gasteiger partial charge in [0.1, 0.15) is 19.3 Å². The van der Waals surface area contributed by atoms with Crippen LogP contribution in [0.3, 0.4) is 0 Å². The minimum absolute atomic E-state index is 0.0329. The normalized spacial score (nSPS) is 14.3. The first-order valence-corrected chi connectivity index (χ1v) is 31.9. The molecule has 3 atom stereocenters. The number of esters is 1. The molecular weight excluding hydrogens is 940 g/mol. The van der Waals surface area contributed by atoms with Gasteiger partial charge in [0.25, 0.3) is 0 Å². The molecule has 1 amide bonds. The molecule has 0 aromatic rings. The molecule has 0 rings (SSSR count). The Kier molecular flexibility index (Phi) is 51.5. The van der Waals surface area contributed by atoms with Gasteiger partial charge in [-0.2, -0.15) is 0 Å². The van der Waals surface area contributed by atoms with Gasteiger partial charge in [0, 0.05) is 12.8 Å². The molecule has 0 aromatic carbocycles. The zero-order chi connectivity index (χ0) is 54.3. The molecule has 0 fully saturated rings. The number of amides is 1. The second-order valence-electron chi connectivity index (χ2n) is 21.6. The van der Waals surface area contributed by atoms with Gasteiger partial charge in [-0.15, -0.1) is 0 Å². The molecule has 0 radical (unpaired) electrons. The summed E-state index contributed by atoms with van der Waals surface area (Å²) in [6.07, 6.45) is 70.0. The predicted molar refractivity (Wildman–Crippen MR) is 318 cm³/mol. The number of carbonyl (C=O) groups is 2. The largest absolute Gasteiger partial charge is 0.472 e. The van der Waals surface area contributed by atoms with Crippen LogP contribution >= 0.6 is 7.82 Å². The molecule has 2 N–H and O–H groups in total. The topological polar surface area (TPSA) is 111 Å². The van der Waals surface area contributed by atoms with Crippen molar-refractivity contribution in [2.45, 2.75) is 270 Å². The van der Waals surface area contributed by atoms with E-state index >= 15 is 0 Å². The van der Waals surface area contributed by atoms with Gasteiger partial charge >= 0.3 is 13.8 Å². The molecule has 0 aliphatic heterocycles. The monoisotopic (exact) mass is 1060 g/mol. The first-order chi connectivity index (χ1) is 35.9. The Hall–Kier alpha value is -2.81. The predicted octanol–water partition coefficient (Wildman–Crippen LogP) is 18.6. The molecule has 0 aliphatic rings. The first-order valence-electron chi connectivity index (χ1n) is 30.4. The van der Waals surface area contributed by atoms with E-state index in [0.717, 1.165) is 103 Å². The fraction of sp³-hybridized carbons (Fsp3) is 0.750. The third-order valence-electron chi connectivity index (χ3n) is 13.1. The number of ether oxygens (including phenoxy) is 1. The van der Waals surface area contributed by atoms with Gasteiger partial charge in [-0.25, -0.2) is 4.57 Å². The van der Waals surface area contributed by atoms with Crippen LogP contribution in [0.1, 0.15) is 258 Å². The molecule has 9 nitrogen and oxygen atoms in total. The van der Waals surface area contributed by atoms with E-state index in [1.165, 1.54) is 122 Å². The van der Waals surface area contributed by atoms with Crippen LogP contribution in [0, 0.1) is 0 Å². The van der Waals surface area contributed by atoms with Crippen molar-refractivity contribution in [1.29, 1.82) is 0 Å². The van der Waals surface area contributed by atoms with E-state index in [1.54, 1.807) is 0 Å². The lowest BCUT2D eigenvalue weighted by molar-refractivity contribution is -0.870. The van der Waals surface area contributed by atoms with Crippen molar-refractivity contribution in [3.63, 3.8) is 0 Å². The van der Waals surface area contributed by atoms with Crippen LogP contribution in [0.5, 0.6) is 0 Å². The van der Waals surface area contributed by atoms with E-state index < -0.39 is 20.0 Å². The molecule has 0 aliphatic carbocycles. The molecule has 0 saturated carbocycles. The van der Waals surface area contributed by atoms with Gasteiger partial charge in [-0.1, -0.05) is 241 Å². The summed E-state index contributed by atoms with van der Waals surface area (Å²) in [6, 6.07) is -0.861. The van der Waals surface area contributed by atoms with Crippen molar-refractivity contribution >= 4 is 19.7 Å². The molecule has 74 heavy (non-hydrogen) atoms. The first kappa shape index (κ1) is 71.2. The lowest BCUT2D eigenvalue weighted by Gasteiger charge is -2.27. The molecule has 428 valence electrons. The second kappa shape index (κ2) is 53.6. The molecule has 0 aromatic heterocycles. The van der Waals surface area contributed by atoms with Gasteiger partial charge in [0.15, 0.2) is 0 Å². The van der Waals surface area contributed by atoms with Crippen molar-refractivity contribution in [2.75, 3.05) is 40.9 Å². The number of likely N-dealkylation sites (N-methyl/N-ethyl adjacent to an activating group) is 1. The third-order valence-corrected chi connectivity index (χ3v) is 14.1.